The molecule has 0 unspecified atom stereocenters. The number of benzene rings is 3. The first-order chi connectivity index (χ1) is 18.4. The van der Waals surface area contributed by atoms with E-state index < -0.39 is 0 Å². The second kappa shape index (κ2) is 10.8. The molecule has 0 fully saturated rings. The molecule has 0 aliphatic heterocycles. The number of aromatic hydroxyl groups is 2. The summed E-state index contributed by atoms with van der Waals surface area (Å²) >= 11 is 1.50. The van der Waals surface area contributed by atoms with Crippen molar-refractivity contribution in [2.75, 3.05) is 10.6 Å². The van der Waals surface area contributed by atoms with Crippen LogP contribution in [0, 0.1) is 0 Å². The van der Waals surface area contributed by atoms with E-state index in [9.17, 15) is 15.0 Å². The predicted molar refractivity (Wildman–Crippen MR) is 149 cm³/mol. The molecule has 2 aromatic heterocycles. The second-order valence-electron chi connectivity index (χ2n) is 8.92. The van der Waals surface area contributed by atoms with Gasteiger partial charge in [0.15, 0.2) is 5.65 Å². The van der Waals surface area contributed by atoms with Gasteiger partial charge in [0.25, 0.3) is 5.91 Å². The summed E-state index contributed by atoms with van der Waals surface area (Å²) in [5.74, 6) is 0.723. The van der Waals surface area contributed by atoms with Crippen LogP contribution in [0.15, 0.2) is 95.0 Å². The number of carbonyl (C=O) groups is 1. The lowest BCUT2D eigenvalue weighted by atomic mass is 10.1. The lowest BCUT2D eigenvalue weighted by Crippen LogP contribution is -2.12. The number of anilines is 3. The van der Waals surface area contributed by atoms with E-state index in [4.69, 9.17) is 0 Å². The summed E-state index contributed by atoms with van der Waals surface area (Å²) in [6, 6.07) is 22.6. The fraction of sp³-hybridized carbons (Fsp3) is 0.103. The van der Waals surface area contributed by atoms with Gasteiger partial charge in [-0.3, -0.25) is 4.79 Å². The highest BCUT2D eigenvalue weighted by Gasteiger charge is 2.14. The predicted octanol–water partition coefficient (Wildman–Crippen LogP) is 6.71. The zero-order valence-electron chi connectivity index (χ0n) is 20.7. The van der Waals surface area contributed by atoms with Crippen LogP contribution >= 0.6 is 11.8 Å². The molecule has 1 amide bonds. The molecule has 0 saturated carbocycles. The maximum absolute atomic E-state index is 12.8. The molecule has 0 atom stereocenters. The summed E-state index contributed by atoms with van der Waals surface area (Å²) < 4.78 is 0. The van der Waals surface area contributed by atoms with E-state index in [1.807, 2.05) is 42.5 Å². The van der Waals surface area contributed by atoms with Crippen molar-refractivity contribution in [3.05, 3.63) is 96.4 Å². The topological polar surface area (TPSA) is 120 Å². The van der Waals surface area contributed by atoms with E-state index >= 15 is 0 Å². The molecule has 0 saturated heterocycles. The quantitative estimate of drug-likeness (QED) is 0.186. The summed E-state index contributed by atoms with van der Waals surface area (Å²) in [6.07, 6.45) is 1.47. The van der Waals surface area contributed by atoms with Crippen LogP contribution in [0.25, 0.3) is 11.0 Å². The van der Waals surface area contributed by atoms with E-state index in [0.29, 0.717) is 28.4 Å². The Morgan fingerprint density at radius 2 is 1.71 bits per heavy atom. The van der Waals surface area contributed by atoms with E-state index in [1.165, 1.54) is 30.2 Å². The van der Waals surface area contributed by atoms with Crippen LogP contribution in [0.5, 0.6) is 11.5 Å². The Balaban J connectivity index is 1.51. The molecule has 0 spiro atoms. The third-order valence-electron chi connectivity index (χ3n) is 5.77. The summed E-state index contributed by atoms with van der Waals surface area (Å²) in [4.78, 5) is 28.1. The number of phenols is 2. The molecule has 5 aromatic rings. The van der Waals surface area contributed by atoms with Crippen LogP contribution in [0.4, 0.5) is 17.2 Å². The van der Waals surface area contributed by atoms with Crippen LogP contribution in [-0.2, 0) is 0 Å². The SMILES string of the molecule is CC(C)c1ccc2c(Nc3cc(NC(=O)c4cccc(O)c4)ccc3Sc3ccc(O)cc3)ncnc2n1. The van der Waals surface area contributed by atoms with Gasteiger partial charge in [-0.15, -0.1) is 0 Å². The number of phenolic OH excluding ortho intramolecular Hbond substituents is 2. The molecule has 3 aromatic carbocycles. The molecule has 5 rings (SSSR count). The van der Waals surface area contributed by atoms with Crippen LogP contribution in [0.2, 0.25) is 0 Å². The maximum Gasteiger partial charge on any atom is 0.255 e. The second-order valence-corrected chi connectivity index (χ2v) is 10.0. The number of fused-ring (bicyclic) bond motifs is 1. The van der Waals surface area contributed by atoms with E-state index in [2.05, 4.69) is 39.4 Å². The van der Waals surface area contributed by atoms with Crippen molar-refractivity contribution in [1.82, 2.24) is 15.0 Å². The van der Waals surface area contributed by atoms with Gasteiger partial charge in [0, 0.05) is 26.7 Å². The molecule has 38 heavy (non-hydrogen) atoms. The van der Waals surface area contributed by atoms with Gasteiger partial charge in [0.05, 0.1) is 11.1 Å². The minimum absolute atomic E-state index is 0.0190. The van der Waals surface area contributed by atoms with Crippen LogP contribution in [0.3, 0.4) is 0 Å². The molecule has 9 heteroatoms. The lowest BCUT2D eigenvalue weighted by Gasteiger charge is -2.15. The van der Waals surface area contributed by atoms with Gasteiger partial charge in [0.2, 0.25) is 0 Å². The Kier molecular flexibility index (Phi) is 7.10. The van der Waals surface area contributed by atoms with Crippen LogP contribution in [-0.4, -0.2) is 31.1 Å². The maximum atomic E-state index is 12.8. The Morgan fingerprint density at radius 1 is 0.895 bits per heavy atom. The third kappa shape index (κ3) is 5.68. The summed E-state index contributed by atoms with van der Waals surface area (Å²) in [5.41, 5.74) is 3.16. The molecule has 0 aliphatic rings. The molecule has 8 nitrogen and oxygen atoms in total. The molecule has 0 radical (unpaired) electrons. The van der Waals surface area contributed by atoms with Gasteiger partial charge in [-0.2, -0.15) is 0 Å². The van der Waals surface area contributed by atoms with Crippen LogP contribution in [0.1, 0.15) is 35.8 Å². The van der Waals surface area contributed by atoms with Crippen molar-refractivity contribution in [2.24, 2.45) is 0 Å². The van der Waals surface area contributed by atoms with Gasteiger partial charge in [0.1, 0.15) is 23.6 Å². The number of hydrogen-bond acceptors (Lipinski definition) is 8. The average Bonchev–Trinajstić information content (AvgIpc) is 2.91. The third-order valence-corrected chi connectivity index (χ3v) is 6.86. The van der Waals surface area contributed by atoms with Crippen molar-refractivity contribution < 1.29 is 15.0 Å². The van der Waals surface area contributed by atoms with E-state index in [0.717, 1.165) is 20.9 Å². The Morgan fingerprint density at radius 3 is 2.47 bits per heavy atom. The zero-order valence-corrected chi connectivity index (χ0v) is 21.5. The fourth-order valence-corrected chi connectivity index (χ4v) is 4.67. The fourth-order valence-electron chi connectivity index (χ4n) is 3.79. The number of carbonyl (C=O) groups excluding carboxylic acids is 1. The lowest BCUT2D eigenvalue weighted by molar-refractivity contribution is 0.102. The average molecular weight is 524 g/mol. The van der Waals surface area contributed by atoms with E-state index in [1.54, 1.807) is 24.3 Å². The van der Waals surface area contributed by atoms with E-state index in [-0.39, 0.29) is 23.3 Å². The largest absolute Gasteiger partial charge is 0.508 e. The van der Waals surface area contributed by atoms with Crippen molar-refractivity contribution in [1.29, 1.82) is 0 Å². The molecule has 0 bridgehead atoms. The normalized spacial score (nSPS) is 11.0. The highest BCUT2D eigenvalue weighted by molar-refractivity contribution is 7.99. The van der Waals surface area contributed by atoms with Gasteiger partial charge in [-0.25, -0.2) is 15.0 Å². The first-order valence-corrected chi connectivity index (χ1v) is 12.8. The zero-order chi connectivity index (χ0) is 26.6. The number of amides is 1. The highest BCUT2D eigenvalue weighted by Crippen LogP contribution is 2.38. The molecular formula is C29H25N5O3S. The van der Waals surface area contributed by atoms with Crippen molar-refractivity contribution >= 4 is 45.9 Å². The molecule has 4 N–H and O–H groups in total. The molecular weight excluding hydrogens is 498 g/mol. The van der Waals surface area contributed by atoms with Crippen LogP contribution < -0.4 is 10.6 Å². The monoisotopic (exact) mass is 523 g/mol. The number of nitrogens with one attached hydrogen (secondary N) is 2. The summed E-state index contributed by atoms with van der Waals surface area (Å²) in [6.45, 7) is 4.16. The Bertz CT molecular complexity index is 1620. The smallest absolute Gasteiger partial charge is 0.255 e. The number of nitrogens with zero attached hydrogens (tertiary/aromatic N) is 3. The first kappa shape index (κ1) is 25.0. The van der Waals surface area contributed by atoms with Crippen molar-refractivity contribution in [3.63, 3.8) is 0 Å². The molecule has 190 valence electrons. The standard InChI is InChI=1S/C29H25N5O3S/c1-17(2)24-12-11-23-27(33-24)30-16-31-28(23)34-25-15-19(32-29(37)18-4-3-5-21(36)14-18)6-13-26(25)38-22-9-7-20(35)8-10-22/h3-17,35-36H,1-2H3,(H,32,37)(H,30,31,33,34). The molecule has 2 heterocycles. The van der Waals surface area contributed by atoms with Gasteiger partial charge in [-0.05, 0) is 78.7 Å². The van der Waals surface area contributed by atoms with Gasteiger partial charge < -0.3 is 20.8 Å². The van der Waals surface area contributed by atoms with Crippen molar-refractivity contribution in [2.45, 2.75) is 29.6 Å². The number of hydrogen-bond donors (Lipinski definition) is 4. The van der Waals surface area contributed by atoms with Crippen molar-refractivity contribution in [3.8, 4) is 11.5 Å². The Hall–Kier alpha value is -4.63. The van der Waals surface area contributed by atoms with Gasteiger partial charge in [-0.1, -0.05) is 31.7 Å². The summed E-state index contributed by atoms with van der Waals surface area (Å²) in [5, 5.41) is 26.5. The highest BCUT2D eigenvalue weighted by atomic mass is 32.2. The number of pyridine rings is 1. The molecule has 0 aliphatic carbocycles. The first-order valence-electron chi connectivity index (χ1n) is 12.0. The minimum Gasteiger partial charge on any atom is -0.508 e. The number of rotatable bonds is 7. The van der Waals surface area contributed by atoms with Gasteiger partial charge >= 0.3 is 0 Å². The summed E-state index contributed by atoms with van der Waals surface area (Å²) in [7, 11) is 0. The number of aromatic nitrogens is 3. The Labute approximate surface area is 223 Å². The minimum atomic E-state index is -0.344.